The molecule has 0 aliphatic carbocycles. The highest BCUT2D eigenvalue weighted by Crippen LogP contribution is 2.18. The van der Waals surface area contributed by atoms with E-state index in [0.717, 1.165) is 6.54 Å². The lowest BCUT2D eigenvalue weighted by Crippen LogP contribution is -2.31. The second-order valence-corrected chi connectivity index (χ2v) is 3.87. The number of aryl methyl sites for hydroxylation is 1. The quantitative estimate of drug-likeness (QED) is 0.452. The third-order valence-electron chi connectivity index (χ3n) is 2.49. The first-order chi connectivity index (χ1) is 8.56. The molecule has 0 heterocycles. The zero-order valence-corrected chi connectivity index (χ0v) is 10.5. The van der Waals surface area contributed by atoms with Gasteiger partial charge < -0.3 is 10.6 Å². The number of carbonyl (C=O) groups is 1. The van der Waals surface area contributed by atoms with Crippen LogP contribution in [0.1, 0.15) is 22.8 Å². The minimum Gasteiger partial charge on any atom is -0.351 e. The van der Waals surface area contributed by atoms with Gasteiger partial charge in [-0.25, -0.2) is 0 Å². The molecule has 2 N–H and O–H groups in total. The molecule has 1 aromatic rings. The molecule has 0 saturated heterocycles. The van der Waals surface area contributed by atoms with E-state index in [1.54, 1.807) is 6.92 Å². The summed E-state index contributed by atoms with van der Waals surface area (Å²) in [6, 6.07) is 4.35. The molecule has 0 radical (unpaired) electrons. The van der Waals surface area contributed by atoms with Crippen LogP contribution in [0.5, 0.6) is 0 Å². The van der Waals surface area contributed by atoms with Crippen LogP contribution >= 0.6 is 0 Å². The predicted molar refractivity (Wildman–Crippen MR) is 68.7 cm³/mol. The lowest BCUT2D eigenvalue weighted by atomic mass is 10.1. The van der Waals surface area contributed by atoms with Crippen LogP contribution < -0.4 is 10.6 Å². The summed E-state index contributed by atoms with van der Waals surface area (Å²) in [7, 11) is 0. The van der Waals surface area contributed by atoms with Gasteiger partial charge in [0.25, 0.3) is 11.6 Å². The second kappa shape index (κ2) is 6.70. The number of carbonyl (C=O) groups excluding carboxylic acids is 1. The molecule has 0 aliphatic heterocycles. The van der Waals surface area contributed by atoms with E-state index in [1.807, 2.05) is 6.92 Å². The smallest absolute Gasteiger partial charge is 0.272 e. The van der Waals surface area contributed by atoms with Gasteiger partial charge >= 0.3 is 0 Å². The van der Waals surface area contributed by atoms with Crippen LogP contribution in [0.2, 0.25) is 0 Å². The predicted octanol–water partition coefficient (Wildman–Crippen LogP) is 1.24. The Labute approximate surface area is 106 Å². The number of nitro groups is 1. The molecule has 1 aromatic carbocycles. The first kappa shape index (κ1) is 14.1. The molecule has 0 unspecified atom stereocenters. The van der Waals surface area contributed by atoms with E-state index in [-0.39, 0.29) is 11.6 Å². The standard InChI is InChI=1S/C12H17N3O3/c1-3-13-6-7-14-12(16)10-4-5-11(15(17)18)9(2)8-10/h4-5,8,13H,3,6-7H2,1-2H3,(H,14,16). The maximum atomic E-state index is 11.7. The molecule has 0 aliphatic rings. The Morgan fingerprint density at radius 3 is 2.67 bits per heavy atom. The average Bonchev–Trinajstić information content (AvgIpc) is 2.33. The average molecular weight is 251 g/mol. The maximum absolute atomic E-state index is 11.7. The zero-order chi connectivity index (χ0) is 13.5. The molecule has 98 valence electrons. The summed E-state index contributed by atoms with van der Waals surface area (Å²) in [5.41, 5.74) is 0.952. The van der Waals surface area contributed by atoms with Gasteiger partial charge in [-0.15, -0.1) is 0 Å². The van der Waals surface area contributed by atoms with E-state index < -0.39 is 4.92 Å². The van der Waals surface area contributed by atoms with Crippen LogP contribution in [0.25, 0.3) is 0 Å². The normalized spacial score (nSPS) is 10.1. The van der Waals surface area contributed by atoms with Crippen molar-refractivity contribution >= 4 is 11.6 Å². The molecular formula is C12H17N3O3. The number of nitrogens with zero attached hydrogens (tertiary/aromatic N) is 1. The Morgan fingerprint density at radius 2 is 2.11 bits per heavy atom. The zero-order valence-electron chi connectivity index (χ0n) is 10.5. The first-order valence-electron chi connectivity index (χ1n) is 5.80. The number of nitro benzene ring substituents is 1. The first-order valence-corrected chi connectivity index (χ1v) is 5.80. The van der Waals surface area contributed by atoms with Gasteiger partial charge in [0.1, 0.15) is 0 Å². The van der Waals surface area contributed by atoms with E-state index in [4.69, 9.17) is 0 Å². The summed E-state index contributed by atoms with van der Waals surface area (Å²) in [5.74, 6) is -0.217. The SMILES string of the molecule is CCNCCNC(=O)c1ccc([N+](=O)[O-])c(C)c1. The summed E-state index contributed by atoms with van der Waals surface area (Å²) >= 11 is 0. The molecule has 0 fully saturated rings. The number of amides is 1. The second-order valence-electron chi connectivity index (χ2n) is 3.87. The fraction of sp³-hybridized carbons (Fsp3) is 0.417. The number of hydrogen-bond acceptors (Lipinski definition) is 4. The van der Waals surface area contributed by atoms with Crippen LogP contribution in [0, 0.1) is 17.0 Å². The minimum atomic E-state index is -0.456. The summed E-state index contributed by atoms with van der Waals surface area (Å²) in [4.78, 5) is 21.9. The van der Waals surface area contributed by atoms with Crippen LogP contribution in [-0.4, -0.2) is 30.5 Å². The molecule has 6 heteroatoms. The van der Waals surface area contributed by atoms with Gasteiger partial charge in [-0.2, -0.15) is 0 Å². The lowest BCUT2D eigenvalue weighted by Gasteiger charge is -2.06. The van der Waals surface area contributed by atoms with E-state index in [2.05, 4.69) is 10.6 Å². The van der Waals surface area contributed by atoms with Gasteiger partial charge in [-0.05, 0) is 25.6 Å². The van der Waals surface area contributed by atoms with E-state index in [9.17, 15) is 14.9 Å². The van der Waals surface area contributed by atoms with Crippen molar-refractivity contribution in [2.24, 2.45) is 0 Å². The van der Waals surface area contributed by atoms with Crippen molar-refractivity contribution < 1.29 is 9.72 Å². The minimum absolute atomic E-state index is 0.0270. The summed E-state index contributed by atoms with van der Waals surface area (Å²) in [5, 5.41) is 16.5. The van der Waals surface area contributed by atoms with Crippen LogP contribution in [-0.2, 0) is 0 Å². The molecule has 18 heavy (non-hydrogen) atoms. The largest absolute Gasteiger partial charge is 0.351 e. The Balaban J connectivity index is 2.64. The third-order valence-corrected chi connectivity index (χ3v) is 2.49. The van der Waals surface area contributed by atoms with Crippen LogP contribution in [0.4, 0.5) is 5.69 Å². The van der Waals surface area contributed by atoms with Crippen LogP contribution in [0.15, 0.2) is 18.2 Å². The number of hydrogen-bond donors (Lipinski definition) is 2. The third kappa shape index (κ3) is 3.81. The fourth-order valence-electron chi connectivity index (χ4n) is 1.54. The van der Waals surface area contributed by atoms with Gasteiger partial charge in [0, 0.05) is 30.3 Å². The molecule has 0 aromatic heterocycles. The van der Waals surface area contributed by atoms with Crippen molar-refractivity contribution in [3.8, 4) is 0 Å². The van der Waals surface area contributed by atoms with Crippen molar-refractivity contribution in [2.45, 2.75) is 13.8 Å². The Bertz CT molecular complexity index is 446. The molecule has 6 nitrogen and oxygen atoms in total. The molecule has 1 rings (SSSR count). The number of likely N-dealkylation sites (N-methyl/N-ethyl adjacent to an activating group) is 1. The van der Waals surface area contributed by atoms with Gasteiger partial charge in [0.05, 0.1) is 4.92 Å². The van der Waals surface area contributed by atoms with Gasteiger partial charge in [-0.3, -0.25) is 14.9 Å². The number of rotatable bonds is 6. The highest BCUT2D eigenvalue weighted by atomic mass is 16.6. The summed E-state index contributed by atoms with van der Waals surface area (Å²) < 4.78 is 0. The van der Waals surface area contributed by atoms with Crippen molar-refractivity contribution in [3.05, 3.63) is 39.4 Å². The maximum Gasteiger partial charge on any atom is 0.272 e. The lowest BCUT2D eigenvalue weighted by molar-refractivity contribution is -0.385. The van der Waals surface area contributed by atoms with E-state index >= 15 is 0 Å². The van der Waals surface area contributed by atoms with Crippen molar-refractivity contribution in [1.29, 1.82) is 0 Å². The molecule has 0 bridgehead atoms. The summed E-state index contributed by atoms with van der Waals surface area (Å²) in [6.07, 6.45) is 0. The van der Waals surface area contributed by atoms with Gasteiger partial charge in [-0.1, -0.05) is 6.92 Å². The van der Waals surface area contributed by atoms with Crippen molar-refractivity contribution in [2.75, 3.05) is 19.6 Å². The molecular weight excluding hydrogens is 234 g/mol. The Kier molecular flexibility index (Phi) is 5.26. The van der Waals surface area contributed by atoms with Crippen molar-refractivity contribution in [1.82, 2.24) is 10.6 Å². The fourth-order valence-corrected chi connectivity index (χ4v) is 1.54. The highest BCUT2D eigenvalue weighted by molar-refractivity contribution is 5.94. The molecule has 0 spiro atoms. The number of nitrogens with one attached hydrogen (secondary N) is 2. The highest BCUT2D eigenvalue weighted by Gasteiger charge is 2.13. The van der Waals surface area contributed by atoms with Crippen molar-refractivity contribution in [3.63, 3.8) is 0 Å². The van der Waals surface area contributed by atoms with Gasteiger partial charge in [0.2, 0.25) is 0 Å². The van der Waals surface area contributed by atoms with Gasteiger partial charge in [0.15, 0.2) is 0 Å². The van der Waals surface area contributed by atoms with E-state index in [0.29, 0.717) is 24.2 Å². The monoisotopic (exact) mass is 251 g/mol. The number of benzene rings is 1. The molecule has 0 atom stereocenters. The van der Waals surface area contributed by atoms with E-state index in [1.165, 1.54) is 18.2 Å². The molecule has 0 saturated carbocycles. The Hall–Kier alpha value is -1.95. The summed E-state index contributed by atoms with van der Waals surface area (Å²) in [6.45, 7) is 5.69. The topological polar surface area (TPSA) is 84.3 Å². The Morgan fingerprint density at radius 1 is 1.39 bits per heavy atom. The molecule has 1 amide bonds. The van der Waals surface area contributed by atoms with Crippen LogP contribution in [0.3, 0.4) is 0 Å².